The van der Waals surface area contributed by atoms with Gasteiger partial charge in [0.05, 0.1) is 16.7 Å². The van der Waals surface area contributed by atoms with Crippen LogP contribution in [-0.4, -0.2) is 45.4 Å². The van der Waals surface area contributed by atoms with Crippen molar-refractivity contribution >= 4 is 34.1 Å². The maximum absolute atomic E-state index is 12.5. The van der Waals surface area contributed by atoms with E-state index in [0.717, 1.165) is 30.3 Å². The van der Waals surface area contributed by atoms with Crippen LogP contribution in [0.2, 0.25) is 0 Å². The van der Waals surface area contributed by atoms with Crippen LogP contribution in [0.3, 0.4) is 0 Å². The fourth-order valence-corrected chi connectivity index (χ4v) is 4.36. The highest BCUT2D eigenvalue weighted by Crippen LogP contribution is 2.33. The number of piperidine rings is 1. The SMILES string of the molecule is C=C(C(=O)CCC)N(C)c1ncnc(N2CCC(n3c(=O)[nH]c4ccccc43)CC2)c1N. The number of benzene rings is 1. The number of carbonyl (C=O) groups is 1. The summed E-state index contributed by atoms with van der Waals surface area (Å²) in [5.74, 6) is 1.08. The zero-order valence-corrected chi connectivity index (χ0v) is 18.5. The fraction of sp³-hybridized carbons (Fsp3) is 0.391. The second kappa shape index (κ2) is 8.86. The number of nitrogens with zero attached hydrogens (tertiary/aromatic N) is 5. The van der Waals surface area contributed by atoms with E-state index in [-0.39, 0.29) is 17.5 Å². The zero-order valence-electron chi connectivity index (χ0n) is 18.5. The zero-order chi connectivity index (χ0) is 22.8. The van der Waals surface area contributed by atoms with Crippen molar-refractivity contribution in [2.45, 2.75) is 38.6 Å². The minimum absolute atomic E-state index is 0.0282. The van der Waals surface area contributed by atoms with Crippen molar-refractivity contribution in [3.8, 4) is 0 Å². The van der Waals surface area contributed by atoms with Gasteiger partial charge in [-0.3, -0.25) is 9.36 Å². The molecule has 0 aliphatic carbocycles. The Labute approximate surface area is 186 Å². The standard InChI is InChI=1S/C23H29N7O2/c1-4-7-19(31)15(2)28(3)21-20(24)22(26-14-25-21)29-12-10-16(11-13-29)30-18-9-6-5-8-17(18)27-23(30)32/h5-6,8-9,14,16H,2,4,7,10-13,24H2,1,3H3,(H,27,32). The van der Waals surface area contributed by atoms with Crippen LogP contribution in [-0.2, 0) is 4.79 Å². The number of H-pyrrole nitrogens is 1. The van der Waals surface area contributed by atoms with Gasteiger partial charge in [0, 0.05) is 32.6 Å². The Kier molecular flexibility index (Phi) is 5.98. The maximum Gasteiger partial charge on any atom is 0.326 e. The van der Waals surface area contributed by atoms with E-state index in [1.807, 2.05) is 35.8 Å². The number of fused-ring (bicyclic) bond motifs is 1. The summed E-state index contributed by atoms with van der Waals surface area (Å²) in [6, 6.07) is 7.85. The summed E-state index contributed by atoms with van der Waals surface area (Å²) in [6.07, 6.45) is 4.23. The number of aromatic nitrogens is 4. The molecule has 0 spiro atoms. The molecule has 0 atom stereocenters. The van der Waals surface area contributed by atoms with Crippen LogP contribution in [0.25, 0.3) is 11.0 Å². The van der Waals surface area contributed by atoms with Gasteiger partial charge in [-0.15, -0.1) is 0 Å². The number of hydrogen-bond acceptors (Lipinski definition) is 7. The number of anilines is 3. The predicted octanol–water partition coefficient (Wildman–Crippen LogP) is 2.86. The van der Waals surface area contributed by atoms with E-state index in [0.29, 0.717) is 42.5 Å². The molecule has 1 aliphatic rings. The van der Waals surface area contributed by atoms with Crippen molar-refractivity contribution in [1.82, 2.24) is 19.5 Å². The lowest BCUT2D eigenvalue weighted by Crippen LogP contribution is -2.38. The largest absolute Gasteiger partial charge is 0.393 e. The highest BCUT2D eigenvalue weighted by molar-refractivity contribution is 5.98. The molecule has 9 heteroatoms. The molecular weight excluding hydrogens is 406 g/mol. The van der Waals surface area contributed by atoms with Crippen LogP contribution >= 0.6 is 0 Å². The first-order valence-corrected chi connectivity index (χ1v) is 10.9. The molecule has 1 saturated heterocycles. The minimum atomic E-state index is -0.0784. The molecule has 1 fully saturated rings. The summed E-state index contributed by atoms with van der Waals surface area (Å²) in [4.78, 5) is 40.2. The molecule has 168 valence electrons. The molecule has 3 heterocycles. The molecule has 3 N–H and O–H groups in total. The van der Waals surface area contributed by atoms with E-state index < -0.39 is 0 Å². The number of nitrogens with one attached hydrogen (secondary N) is 1. The number of ketones is 1. The first-order chi connectivity index (χ1) is 15.4. The van der Waals surface area contributed by atoms with Gasteiger partial charge in [-0.05, 0) is 31.4 Å². The number of aromatic amines is 1. The number of Topliss-reactive ketones (excluding diaryl/α,β-unsaturated/α-hetero) is 1. The molecule has 0 saturated carbocycles. The highest BCUT2D eigenvalue weighted by atomic mass is 16.1. The van der Waals surface area contributed by atoms with E-state index in [4.69, 9.17) is 5.73 Å². The smallest absolute Gasteiger partial charge is 0.326 e. The Morgan fingerprint density at radius 1 is 1.28 bits per heavy atom. The van der Waals surface area contributed by atoms with Gasteiger partial charge in [0.1, 0.15) is 12.0 Å². The summed E-state index contributed by atoms with van der Waals surface area (Å²) in [7, 11) is 1.74. The van der Waals surface area contributed by atoms with Gasteiger partial charge in [0.2, 0.25) is 0 Å². The van der Waals surface area contributed by atoms with E-state index in [9.17, 15) is 9.59 Å². The molecule has 0 unspecified atom stereocenters. The molecule has 1 aromatic carbocycles. The molecule has 0 bridgehead atoms. The molecule has 1 aliphatic heterocycles. The summed E-state index contributed by atoms with van der Waals surface area (Å²) in [5.41, 5.74) is 8.92. The Bertz CT molecular complexity index is 1200. The van der Waals surface area contributed by atoms with Crippen LogP contribution in [0.4, 0.5) is 17.3 Å². The Morgan fingerprint density at radius 2 is 2.00 bits per heavy atom. The van der Waals surface area contributed by atoms with Gasteiger partial charge >= 0.3 is 5.69 Å². The third-order valence-corrected chi connectivity index (χ3v) is 6.12. The number of hydrogen-bond donors (Lipinski definition) is 2. The van der Waals surface area contributed by atoms with Gasteiger partial charge in [-0.25, -0.2) is 14.8 Å². The van der Waals surface area contributed by atoms with Crippen molar-refractivity contribution in [1.29, 1.82) is 0 Å². The lowest BCUT2D eigenvalue weighted by Gasteiger charge is -2.34. The molecule has 0 amide bonds. The van der Waals surface area contributed by atoms with Crippen LogP contribution in [0.1, 0.15) is 38.6 Å². The molecular formula is C23H29N7O2. The number of carbonyl (C=O) groups excluding carboxylic acids is 1. The van der Waals surface area contributed by atoms with Crippen LogP contribution in [0, 0.1) is 0 Å². The first kappa shape index (κ1) is 21.6. The van der Waals surface area contributed by atoms with Crippen LogP contribution in [0.5, 0.6) is 0 Å². The van der Waals surface area contributed by atoms with E-state index >= 15 is 0 Å². The molecule has 32 heavy (non-hydrogen) atoms. The Balaban J connectivity index is 1.52. The summed E-state index contributed by atoms with van der Waals surface area (Å²) in [6.45, 7) is 7.28. The van der Waals surface area contributed by atoms with E-state index in [1.54, 1.807) is 11.9 Å². The average molecular weight is 436 g/mol. The fourth-order valence-electron chi connectivity index (χ4n) is 4.36. The monoisotopic (exact) mass is 435 g/mol. The van der Waals surface area contributed by atoms with Gasteiger partial charge in [0.15, 0.2) is 17.4 Å². The highest BCUT2D eigenvalue weighted by Gasteiger charge is 2.27. The van der Waals surface area contributed by atoms with Gasteiger partial charge in [-0.1, -0.05) is 25.6 Å². The van der Waals surface area contributed by atoms with E-state index in [2.05, 4.69) is 26.4 Å². The normalized spacial score (nSPS) is 14.6. The number of nitrogen functional groups attached to an aromatic ring is 1. The van der Waals surface area contributed by atoms with Crippen molar-refractivity contribution in [3.63, 3.8) is 0 Å². The lowest BCUT2D eigenvalue weighted by molar-refractivity contribution is -0.115. The average Bonchev–Trinajstić information content (AvgIpc) is 3.14. The van der Waals surface area contributed by atoms with Crippen molar-refractivity contribution in [2.24, 2.45) is 0 Å². The number of rotatable bonds is 7. The summed E-state index contributed by atoms with van der Waals surface area (Å²) in [5, 5.41) is 0. The maximum atomic E-state index is 12.5. The van der Waals surface area contributed by atoms with Crippen LogP contribution < -0.4 is 21.2 Å². The molecule has 3 aromatic rings. The number of allylic oxidation sites excluding steroid dienone is 1. The Hall–Kier alpha value is -3.62. The third kappa shape index (κ3) is 3.86. The Morgan fingerprint density at radius 3 is 2.72 bits per heavy atom. The topological polar surface area (TPSA) is 113 Å². The molecule has 4 rings (SSSR count). The molecule has 0 radical (unpaired) electrons. The third-order valence-electron chi connectivity index (χ3n) is 6.12. The van der Waals surface area contributed by atoms with Gasteiger partial charge in [0.25, 0.3) is 0 Å². The summed E-state index contributed by atoms with van der Waals surface area (Å²) < 4.78 is 1.86. The van der Waals surface area contributed by atoms with Crippen LogP contribution in [0.15, 0.2) is 47.7 Å². The van der Waals surface area contributed by atoms with Crippen molar-refractivity contribution in [2.75, 3.05) is 35.7 Å². The number of imidazole rings is 1. The molecule has 9 nitrogen and oxygen atoms in total. The van der Waals surface area contributed by atoms with Gasteiger partial charge < -0.3 is 20.5 Å². The number of nitrogens with two attached hydrogens (primary N) is 1. The summed E-state index contributed by atoms with van der Waals surface area (Å²) >= 11 is 0. The first-order valence-electron chi connectivity index (χ1n) is 10.9. The lowest BCUT2D eigenvalue weighted by atomic mass is 10.0. The second-order valence-corrected chi connectivity index (χ2v) is 8.15. The quantitative estimate of drug-likeness (QED) is 0.549. The minimum Gasteiger partial charge on any atom is -0.393 e. The molecule has 2 aromatic heterocycles. The van der Waals surface area contributed by atoms with Gasteiger partial charge in [-0.2, -0.15) is 0 Å². The second-order valence-electron chi connectivity index (χ2n) is 8.15. The van der Waals surface area contributed by atoms with Crippen molar-refractivity contribution in [3.05, 3.63) is 53.4 Å². The van der Waals surface area contributed by atoms with Crippen molar-refractivity contribution < 1.29 is 4.79 Å². The number of likely N-dealkylation sites (N-methyl/N-ethyl adjacent to an activating group) is 1. The number of para-hydroxylation sites is 2. The predicted molar refractivity (Wildman–Crippen MR) is 127 cm³/mol. The van der Waals surface area contributed by atoms with E-state index in [1.165, 1.54) is 6.33 Å².